The summed E-state index contributed by atoms with van der Waals surface area (Å²) in [6, 6.07) is 8.74. The summed E-state index contributed by atoms with van der Waals surface area (Å²) >= 11 is 0. The number of hydrogen-bond donors (Lipinski definition) is 1. The number of pyridine rings is 1. The summed E-state index contributed by atoms with van der Waals surface area (Å²) in [5, 5.41) is 2.84. The van der Waals surface area contributed by atoms with Gasteiger partial charge in [-0.05, 0) is 44.3 Å². The first-order valence-electron chi connectivity index (χ1n) is 8.34. The lowest BCUT2D eigenvalue weighted by atomic mass is 10.1. The Morgan fingerprint density at radius 2 is 1.68 bits per heavy atom. The Hall–Kier alpha value is -2.73. The molecule has 0 saturated carbocycles. The lowest BCUT2D eigenvalue weighted by Crippen LogP contribution is -2.44. The van der Waals surface area contributed by atoms with Crippen molar-refractivity contribution >= 4 is 23.1 Å². The van der Waals surface area contributed by atoms with Gasteiger partial charge < -0.3 is 15.1 Å². The minimum atomic E-state index is -0.209. The van der Waals surface area contributed by atoms with Gasteiger partial charge in [0.2, 0.25) is 0 Å². The van der Waals surface area contributed by atoms with E-state index < -0.39 is 0 Å². The number of benzene rings is 1. The molecule has 0 bridgehead atoms. The minimum absolute atomic E-state index is 0.00181. The molecule has 1 aliphatic heterocycles. The van der Waals surface area contributed by atoms with E-state index in [2.05, 4.69) is 27.1 Å². The van der Waals surface area contributed by atoms with E-state index in [0.29, 0.717) is 16.8 Å². The molecule has 130 valence electrons. The Labute approximate surface area is 147 Å². The molecule has 1 aromatic carbocycles. The van der Waals surface area contributed by atoms with Crippen LogP contribution in [0.25, 0.3) is 0 Å². The number of carbonyl (C=O) groups excluding carboxylic acids is 2. The third kappa shape index (κ3) is 4.22. The first-order valence-corrected chi connectivity index (χ1v) is 8.34. The van der Waals surface area contributed by atoms with Gasteiger partial charge in [-0.25, -0.2) is 0 Å². The van der Waals surface area contributed by atoms with Crippen LogP contribution in [-0.2, 0) is 0 Å². The van der Waals surface area contributed by atoms with E-state index >= 15 is 0 Å². The van der Waals surface area contributed by atoms with Gasteiger partial charge >= 0.3 is 0 Å². The monoisotopic (exact) mass is 338 g/mol. The lowest BCUT2D eigenvalue weighted by molar-refractivity contribution is 0.101. The molecule has 2 heterocycles. The van der Waals surface area contributed by atoms with Gasteiger partial charge in [0.05, 0.1) is 17.4 Å². The molecule has 0 radical (unpaired) electrons. The number of rotatable bonds is 4. The molecule has 25 heavy (non-hydrogen) atoms. The topological polar surface area (TPSA) is 65.5 Å². The second-order valence-electron chi connectivity index (χ2n) is 6.31. The molecule has 0 spiro atoms. The number of amides is 1. The molecule has 3 rings (SSSR count). The van der Waals surface area contributed by atoms with Crippen LogP contribution in [0.3, 0.4) is 0 Å². The van der Waals surface area contributed by atoms with Crippen molar-refractivity contribution in [3.8, 4) is 0 Å². The first-order chi connectivity index (χ1) is 12.0. The number of piperazine rings is 1. The number of nitrogens with zero attached hydrogens (tertiary/aromatic N) is 3. The number of carbonyl (C=O) groups is 2. The molecule has 1 aromatic heterocycles. The standard InChI is InChI=1S/C19H22N4O2/c1-14(24)15-3-5-17(6-4-15)21-19(25)16-11-18(13-20-12-16)23-9-7-22(2)8-10-23/h3-6,11-13H,7-10H2,1-2H3,(H,21,25). The fourth-order valence-electron chi connectivity index (χ4n) is 2.78. The Balaban J connectivity index is 1.69. The summed E-state index contributed by atoms with van der Waals surface area (Å²) in [5.74, 6) is -0.207. The molecule has 1 amide bonds. The predicted octanol–water partition coefficient (Wildman–Crippen LogP) is 2.29. The molecule has 1 fully saturated rings. The summed E-state index contributed by atoms with van der Waals surface area (Å²) in [7, 11) is 2.11. The van der Waals surface area contributed by atoms with Crippen molar-refractivity contribution in [2.45, 2.75) is 6.92 Å². The van der Waals surface area contributed by atoms with Crippen LogP contribution in [0.1, 0.15) is 27.6 Å². The number of likely N-dealkylation sites (N-methyl/N-ethyl adjacent to an activating group) is 1. The number of anilines is 2. The third-order valence-electron chi connectivity index (χ3n) is 4.40. The van der Waals surface area contributed by atoms with Crippen molar-refractivity contribution in [3.63, 3.8) is 0 Å². The van der Waals surface area contributed by atoms with Crippen LogP contribution in [0.2, 0.25) is 0 Å². The van der Waals surface area contributed by atoms with Crippen molar-refractivity contribution in [1.82, 2.24) is 9.88 Å². The van der Waals surface area contributed by atoms with Gasteiger partial charge in [0.25, 0.3) is 5.91 Å². The molecular formula is C19H22N4O2. The molecule has 2 aromatic rings. The van der Waals surface area contributed by atoms with E-state index in [4.69, 9.17) is 0 Å². The molecule has 1 aliphatic rings. The van der Waals surface area contributed by atoms with Crippen molar-refractivity contribution in [3.05, 3.63) is 53.9 Å². The summed E-state index contributed by atoms with van der Waals surface area (Å²) in [6.07, 6.45) is 3.36. The molecule has 1 N–H and O–H groups in total. The number of Topliss-reactive ketones (excluding diaryl/α,β-unsaturated/α-hetero) is 1. The van der Waals surface area contributed by atoms with E-state index in [0.717, 1.165) is 31.9 Å². The van der Waals surface area contributed by atoms with Crippen molar-refractivity contribution in [1.29, 1.82) is 0 Å². The van der Waals surface area contributed by atoms with Gasteiger partial charge in [-0.15, -0.1) is 0 Å². The van der Waals surface area contributed by atoms with Crippen LogP contribution in [0.15, 0.2) is 42.7 Å². The first kappa shape index (κ1) is 17.1. The van der Waals surface area contributed by atoms with Gasteiger partial charge in [-0.1, -0.05) is 0 Å². The SMILES string of the molecule is CC(=O)c1ccc(NC(=O)c2cncc(N3CCN(C)CC3)c2)cc1. The fraction of sp³-hybridized carbons (Fsp3) is 0.316. The molecule has 0 aliphatic carbocycles. The minimum Gasteiger partial charge on any atom is -0.368 e. The van der Waals surface area contributed by atoms with Crippen LogP contribution in [0, 0.1) is 0 Å². The van der Waals surface area contributed by atoms with Gasteiger partial charge in [0, 0.05) is 43.6 Å². The number of ketones is 1. The lowest BCUT2D eigenvalue weighted by Gasteiger charge is -2.33. The van der Waals surface area contributed by atoms with E-state index in [-0.39, 0.29) is 11.7 Å². The summed E-state index contributed by atoms with van der Waals surface area (Å²) in [6.45, 7) is 5.37. The van der Waals surface area contributed by atoms with E-state index in [1.54, 1.807) is 36.7 Å². The van der Waals surface area contributed by atoms with Gasteiger partial charge in [-0.2, -0.15) is 0 Å². The number of nitrogens with one attached hydrogen (secondary N) is 1. The predicted molar refractivity (Wildman–Crippen MR) is 98.3 cm³/mol. The Kier molecular flexibility index (Phi) is 5.09. The zero-order valence-electron chi connectivity index (χ0n) is 14.5. The van der Waals surface area contributed by atoms with E-state index in [9.17, 15) is 9.59 Å². The summed E-state index contributed by atoms with van der Waals surface area (Å²) < 4.78 is 0. The summed E-state index contributed by atoms with van der Waals surface area (Å²) in [4.78, 5) is 32.5. The molecule has 6 nitrogen and oxygen atoms in total. The molecule has 0 atom stereocenters. The van der Waals surface area contributed by atoms with Gasteiger partial charge in [0.1, 0.15) is 0 Å². The Morgan fingerprint density at radius 1 is 1.00 bits per heavy atom. The summed E-state index contributed by atoms with van der Waals surface area (Å²) in [5.41, 5.74) is 2.76. The third-order valence-corrected chi connectivity index (χ3v) is 4.40. The molecule has 1 saturated heterocycles. The fourth-order valence-corrected chi connectivity index (χ4v) is 2.78. The van der Waals surface area contributed by atoms with Crippen LogP contribution in [0.4, 0.5) is 11.4 Å². The number of hydrogen-bond acceptors (Lipinski definition) is 5. The highest BCUT2D eigenvalue weighted by Crippen LogP contribution is 2.18. The second kappa shape index (κ2) is 7.44. The van der Waals surface area contributed by atoms with Gasteiger partial charge in [-0.3, -0.25) is 14.6 Å². The normalized spacial score (nSPS) is 15.0. The largest absolute Gasteiger partial charge is 0.368 e. The number of aromatic nitrogens is 1. The molecule has 0 unspecified atom stereocenters. The highest BCUT2D eigenvalue weighted by atomic mass is 16.1. The highest BCUT2D eigenvalue weighted by Gasteiger charge is 2.16. The van der Waals surface area contributed by atoms with Crippen LogP contribution < -0.4 is 10.2 Å². The second-order valence-corrected chi connectivity index (χ2v) is 6.31. The zero-order valence-corrected chi connectivity index (χ0v) is 14.5. The quantitative estimate of drug-likeness (QED) is 0.867. The molecular weight excluding hydrogens is 316 g/mol. The zero-order chi connectivity index (χ0) is 17.8. The van der Waals surface area contributed by atoms with Crippen LogP contribution in [0.5, 0.6) is 0 Å². The Bertz CT molecular complexity index is 765. The Morgan fingerprint density at radius 3 is 2.32 bits per heavy atom. The molecule has 6 heteroatoms. The van der Waals surface area contributed by atoms with Crippen molar-refractivity contribution < 1.29 is 9.59 Å². The van der Waals surface area contributed by atoms with Gasteiger partial charge in [0.15, 0.2) is 5.78 Å². The average molecular weight is 338 g/mol. The maximum atomic E-state index is 12.5. The smallest absolute Gasteiger partial charge is 0.257 e. The van der Waals surface area contributed by atoms with Crippen molar-refractivity contribution in [2.75, 3.05) is 43.4 Å². The van der Waals surface area contributed by atoms with E-state index in [1.165, 1.54) is 6.92 Å². The highest BCUT2D eigenvalue weighted by molar-refractivity contribution is 6.04. The van der Waals surface area contributed by atoms with Crippen LogP contribution >= 0.6 is 0 Å². The maximum Gasteiger partial charge on any atom is 0.257 e. The average Bonchev–Trinajstić information content (AvgIpc) is 2.63. The maximum absolute atomic E-state index is 12.5. The van der Waals surface area contributed by atoms with E-state index in [1.807, 2.05) is 6.07 Å². The van der Waals surface area contributed by atoms with Crippen molar-refractivity contribution in [2.24, 2.45) is 0 Å². The van der Waals surface area contributed by atoms with Crippen LogP contribution in [-0.4, -0.2) is 54.8 Å².